The van der Waals surface area contributed by atoms with Crippen LogP contribution in [-0.4, -0.2) is 41.1 Å². The lowest BCUT2D eigenvalue weighted by atomic mass is 9.91. The minimum absolute atomic E-state index is 0.190. The third-order valence-corrected chi connectivity index (χ3v) is 5.39. The highest BCUT2D eigenvalue weighted by Gasteiger charge is 2.37. The molecule has 0 saturated carbocycles. The fourth-order valence-electron chi connectivity index (χ4n) is 2.55. The van der Waals surface area contributed by atoms with Gasteiger partial charge in [-0.2, -0.15) is 0 Å². The second-order valence-corrected chi connectivity index (χ2v) is 7.84. The van der Waals surface area contributed by atoms with E-state index in [0.29, 0.717) is 36.8 Å². The molecule has 0 aromatic carbocycles. The van der Waals surface area contributed by atoms with E-state index in [2.05, 4.69) is 46.5 Å². The van der Waals surface area contributed by atoms with E-state index in [4.69, 9.17) is 19.5 Å². The van der Waals surface area contributed by atoms with E-state index in [0.717, 1.165) is 11.4 Å². The number of pyridine rings is 1. The fraction of sp³-hybridized carbons (Fsp3) is 0.632. The number of aromatic nitrogens is 1. The Bertz CT molecular complexity index is 640. The summed E-state index contributed by atoms with van der Waals surface area (Å²) < 4.78 is 11.6. The largest absolute Gasteiger partial charge is 0.474 e. The van der Waals surface area contributed by atoms with Gasteiger partial charge in [-0.1, -0.05) is 33.8 Å². The van der Waals surface area contributed by atoms with Gasteiger partial charge in [0.05, 0.1) is 11.1 Å². The molecule has 1 aromatic heterocycles. The molecule has 0 unspecified atom stereocenters. The van der Waals surface area contributed by atoms with E-state index in [-0.39, 0.29) is 11.1 Å². The fourth-order valence-corrected chi connectivity index (χ4v) is 2.55. The van der Waals surface area contributed by atoms with Gasteiger partial charge in [0.2, 0.25) is 11.8 Å². The van der Waals surface area contributed by atoms with Gasteiger partial charge in [0.15, 0.2) is 0 Å². The molecule has 2 aliphatic rings. The van der Waals surface area contributed by atoms with Crippen molar-refractivity contribution >= 4 is 11.8 Å². The van der Waals surface area contributed by atoms with Crippen molar-refractivity contribution in [3.05, 3.63) is 29.6 Å². The van der Waals surface area contributed by atoms with Crippen LogP contribution in [0.3, 0.4) is 0 Å². The number of hydrogen-bond acceptors (Lipinski definition) is 5. The minimum Gasteiger partial charge on any atom is -0.474 e. The van der Waals surface area contributed by atoms with Crippen LogP contribution in [0.2, 0.25) is 0 Å². The molecule has 5 heteroatoms. The Kier molecular flexibility index (Phi) is 4.14. The van der Waals surface area contributed by atoms with Gasteiger partial charge in [-0.3, -0.25) is 0 Å². The predicted octanol–water partition coefficient (Wildman–Crippen LogP) is 3.46. The summed E-state index contributed by atoms with van der Waals surface area (Å²) in [6.45, 7) is 14.1. The zero-order chi connectivity index (χ0) is 17.5. The summed E-state index contributed by atoms with van der Waals surface area (Å²) in [5, 5.41) is 0. The molecule has 0 N–H and O–H groups in total. The van der Waals surface area contributed by atoms with Crippen LogP contribution in [0.5, 0.6) is 0 Å². The lowest BCUT2D eigenvalue weighted by molar-refractivity contribution is 0.223. The standard InChI is InChI=1S/C19H27N3O2/c1-12(2)18(5)10-23-16(21-18)14-8-7-9-15(20-14)17-22-19(6,11-24-17)13(3)4/h7-9,12-13H,10-11H2,1-6H3/t18-,19-/m0/s1. The summed E-state index contributed by atoms with van der Waals surface area (Å²) in [4.78, 5) is 14.2. The molecule has 3 heterocycles. The maximum atomic E-state index is 5.82. The highest BCUT2D eigenvalue weighted by molar-refractivity contribution is 5.97. The molecule has 0 aliphatic carbocycles. The van der Waals surface area contributed by atoms with E-state index in [9.17, 15) is 0 Å². The zero-order valence-electron chi connectivity index (χ0n) is 15.5. The summed E-state index contributed by atoms with van der Waals surface area (Å²) in [7, 11) is 0. The molecule has 130 valence electrons. The third-order valence-electron chi connectivity index (χ3n) is 5.39. The predicted molar refractivity (Wildman–Crippen MR) is 95.7 cm³/mol. The van der Waals surface area contributed by atoms with Crippen LogP contribution in [0.4, 0.5) is 0 Å². The van der Waals surface area contributed by atoms with Crippen molar-refractivity contribution in [2.24, 2.45) is 21.8 Å². The average Bonchev–Trinajstić information content (AvgIpc) is 3.13. The van der Waals surface area contributed by atoms with Gasteiger partial charge in [0, 0.05) is 0 Å². The minimum atomic E-state index is -0.190. The average molecular weight is 329 g/mol. The van der Waals surface area contributed by atoms with Gasteiger partial charge in [-0.25, -0.2) is 15.0 Å². The first-order valence-electron chi connectivity index (χ1n) is 8.67. The number of aliphatic imine (C=N–C) groups is 2. The molecule has 3 rings (SSSR count). The first kappa shape index (κ1) is 16.9. The summed E-state index contributed by atoms with van der Waals surface area (Å²) in [5.74, 6) is 2.04. The maximum Gasteiger partial charge on any atom is 0.236 e. The second kappa shape index (κ2) is 5.87. The molecule has 0 fully saturated rings. The highest BCUT2D eigenvalue weighted by atomic mass is 16.5. The van der Waals surface area contributed by atoms with Crippen LogP contribution in [0.15, 0.2) is 28.2 Å². The zero-order valence-corrected chi connectivity index (χ0v) is 15.5. The van der Waals surface area contributed by atoms with Crippen molar-refractivity contribution in [2.45, 2.75) is 52.6 Å². The number of ether oxygens (including phenoxy) is 2. The third kappa shape index (κ3) is 2.92. The van der Waals surface area contributed by atoms with Crippen LogP contribution < -0.4 is 0 Å². The Morgan fingerprint density at radius 3 is 1.58 bits per heavy atom. The first-order chi connectivity index (χ1) is 11.2. The number of rotatable bonds is 4. The van der Waals surface area contributed by atoms with Crippen LogP contribution in [0, 0.1) is 11.8 Å². The SMILES string of the molecule is CC(C)[C@]1(C)COC(c2cccc(C3=N[C@](C)(C(C)C)CO3)n2)=N1. The van der Waals surface area contributed by atoms with Crippen LogP contribution in [0.25, 0.3) is 0 Å². The van der Waals surface area contributed by atoms with Crippen molar-refractivity contribution in [3.8, 4) is 0 Å². The highest BCUT2D eigenvalue weighted by Crippen LogP contribution is 2.30. The van der Waals surface area contributed by atoms with E-state index < -0.39 is 0 Å². The van der Waals surface area contributed by atoms with E-state index in [1.54, 1.807) is 0 Å². The maximum absolute atomic E-state index is 5.82. The molecule has 0 bridgehead atoms. The number of nitrogens with zero attached hydrogens (tertiary/aromatic N) is 3. The van der Waals surface area contributed by atoms with E-state index >= 15 is 0 Å². The second-order valence-electron chi connectivity index (χ2n) is 7.84. The monoisotopic (exact) mass is 329 g/mol. The van der Waals surface area contributed by atoms with Crippen LogP contribution in [-0.2, 0) is 9.47 Å². The van der Waals surface area contributed by atoms with Crippen LogP contribution >= 0.6 is 0 Å². The van der Waals surface area contributed by atoms with Crippen molar-refractivity contribution in [2.75, 3.05) is 13.2 Å². The quantitative estimate of drug-likeness (QED) is 0.850. The summed E-state index contributed by atoms with van der Waals surface area (Å²) in [5.41, 5.74) is 1.09. The van der Waals surface area contributed by atoms with E-state index in [1.807, 2.05) is 18.2 Å². The van der Waals surface area contributed by atoms with Crippen molar-refractivity contribution in [3.63, 3.8) is 0 Å². The van der Waals surface area contributed by atoms with Gasteiger partial charge in [0.1, 0.15) is 24.6 Å². The molecule has 0 spiro atoms. The summed E-state index contributed by atoms with van der Waals surface area (Å²) in [6, 6.07) is 5.79. The van der Waals surface area contributed by atoms with Gasteiger partial charge < -0.3 is 9.47 Å². The van der Waals surface area contributed by atoms with Gasteiger partial charge in [-0.15, -0.1) is 0 Å². The van der Waals surface area contributed by atoms with Gasteiger partial charge >= 0.3 is 0 Å². The molecular weight excluding hydrogens is 302 g/mol. The van der Waals surface area contributed by atoms with E-state index in [1.165, 1.54) is 0 Å². The number of hydrogen-bond donors (Lipinski definition) is 0. The lowest BCUT2D eigenvalue weighted by Gasteiger charge is -2.22. The normalized spacial score (nSPS) is 29.5. The van der Waals surface area contributed by atoms with Crippen molar-refractivity contribution in [1.29, 1.82) is 0 Å². The first-order valence-corrected chi connectivity index (χ1v) is 8.67. The Labute approximate surface area is 144 Å². The Morgan fingerprint density at radius 1 is 0.833 bits per heavy atom. The van der Waals surface area contributed by atoms with Crippen molar-refractivity contribution < 1.29 is 9.47 Å². The van der Waals surface area contributed by atoms with Crippen molar-refractivity contribution in [1.82, 2.24) is 4.98 Å². The molecule has 24 heavy (non-hydrogen) atoms. The molecule has 2 aliphatic heterocycles. The molecule has 2 atom stereocenters. The Balaban J connectivity index is 1.89. The molecule has 0 saturated heterocycles. The molecular formula is C19H27N3O2. The molecule has 5 nitrogen and oxygen atoms in total. The van der Waals surface area contributed by atoms with Crippen LogP contribution in [0.1, 0.15) is 52.9 Å². The lowest BCUT2D eigenvalue weighted by Crippen LogP contribution is -2.30. The molecule has 1 aromatic rings. The Morgan fingerprint density at radius 2 is 1.25 bits per heavy atom. The topological polar surface area (TPSA) is 56.1 Å². The summed E-state index contributed by atoms with van der Waals surface area (Å²) >= 11 is 0. The smallest absolute Gasteiger partial charge is 0.236 e. The van der Waals surface area contributed by atoms with Gasteiger partial charge in [-0.05, 0) is 37.8 Å². The summed E-state index contributed by atoms with van der Waals surface area (Å²) in [6.07, 6.45) is 0. The Hall–Kier alpha value is -1.91. The molecule has 0 radical (unpaired) electrons. The van der Waals surface area contributed by atoms with Gasteiger partial charge in [0.25, 0.3) is 0 Å². The molecule has 0 amide bonds.